The molecule has 1 aromatic heterocycles. The minimum atomic E-state index is -0.552. The Morgan fingerprint density at radius 1 is 1.30 bits per heavy atom. The molecule has 1 aromatic carbocycles. The van der Waals surface area contributed by atoms with Crippen molar-refractivity contribution in [3.8, 4) is 5.75 Å². The summed E-state index contributed by atoms with van der Waals surface area (Å²) in [4.78, 5) is 11.2. The zero-order valence-electron chi connectivity index (χ0n) is 11.1. The summed E-state index contributed by atoms with van der Waals surface area (Å²) in [5.74, 6) is 0.195. The van der Waals surface area contributed by atoms with Gasteiger partial charge in [0.25, 0.3) is 0 Å². The summed E-state index contributed by atoms with van der Waals surface area (Å²) in [5, 5.41) is 2.87. The first kappa shape index (κ1) is 13.9. The lowest BCUT2D eigenvalue weighted by molar-refractivity contribution is 0.0563. The van der Waals surface area contributed by atoms with Crippen molar-refractivity contribution in [3.05, 3.63) is 47.7 Å². The summed E-state index contributed by atoms with van der Waals surface area (Å²) in [5.41, 5.74) is 0.292. The Morgan fingerprint density at radius 2 is 2.10 bits per heavy atom. The van der Waals surface area contributed by atoms with Gasteiger partial charge in [-0.05, 0) is 24.3 Å². The average molecular weight is 279 g/mol. The molecular formula is C14H14FNO4. The quantitative estimate of drug-likeness (QED) is 0.853. The van der Waals surface area contributed by atoms with Crippen LogP contribution in [-0.2, 0) is 11.3 Å². The molecule has 0 aliphatic carbocycles. The number of benzene rings is 1. The van der Waals surface area contributed by atoms with E-state index in [0.29, 0.717) is 17.2 Å². The van der Waals surface area contributed by atoms with Crippen molar-refractivity contribution in [3.63, 3.8) is 0 Å². The van der Waals surface area contributed by atoms with E-state index in [0.717, 1.165) is 0 Å². The molecule has 106 valence electrons. The lowest BCUT2D eigenvalue weighted by Crippen LogP contribution is -2.02. The molecule has 5 nitrogen and oxygen atoms in total. The number of esters is 1. The topological polar surface area (TPSA) is 60.7 Å². The lowest BCUT2D eigenvalue weighted by Gasteiger charge is -2.08. The number of methoxy groups -OCH3 is 2. The smallest absolute Gasteiger partial charge is 0.373 e. The van der Waals surface area contributed by atoms with Crippen LogP contribution in [0.4, 0.5) is 10.1 Å². The molecule has 0 fully saturated rings. The number of hydrogen-bond acceptors (Lipinski definition) is 5. The maximum absolute atomic E-state index is 13.6. The molecule has 0 amide bonds. The van der Waals surface area contributed by atoms with Crippen LogP contribution in [0.15, 0.2) is 34.7 Å². The van der Waals surface area contributed by atoms with E-state index in [2.05, 4.69) is 10.1 Å². The van der Waals surface area contributed by atoms with Gasteiger partial charge in [-0.15, -0.1) is 0 Å². The first-order chi connectivity index (χ1) is 9.63. The van der Waals surface area contributed by atoms with Gasteiger partial charge in [-0.1, -0.05) is 0 Å². The summed E-state index contributed by atoms with van der Waals surface area (Å²) in [6, 6.07) is 7.51. The van der Waals surface area contributed by atoms with Crippen molar-refractivity contribution < 1.29 is 23.1 Å². The summed E-state index contributed by atoms with van der Waals surface area (Å²) < 4.78 is 28.4. The molecule has 20 heavy (non-hydrogen) atoms. The van der Waals surface area contributed by atoms with Crippen LogP contribution in [0, 0.1) is 5.82 Å². The summed E-state index contributed by atoms with van der Waals surface area (Å²) in [6.07, 6.45) is 0. The second-order valence-corrected chi connectivity index (χ2v) is 3.96. The maximum Gasteiger partial charge on any atom is 0.373 e. The van der Waals surface area contributed by atoms with Gasteiger partial charge in [-0.3, -0.25) is 0 Å². The molecule has 0 spiro atoms. The lowest BCUT2D eigenvalue weighted by atomic mass is 10.3. The minimum absolute atomic E-state index is 0.107. The highest BCUT2D eigenvalue weighted by Crippen LogP contribution is 2.22. The Bertz CT molecular complexity index is 609. The van der Waals surface area contributed by atoms with Crippen LogP contribution >= 0.6 is 0 Å². The van der Waals surface area contributed by atoms with Gasteiger partial charge in [-0.2, -0.15) is 0 Å². The van der Waals surface area contributed by atoms with Crippen molar-refractivity contribution in [2.45, 2.75) is 6.54 Å². The number of halogens is 1. The molecule has 0 unspecified atom stereocenters. The number of rotatable bonds is 5. The molecule has 0 aliphatic heterocycles. The number of ether oxygens (including phenoxy) is 2. The molecule has 0 saturated carbocycles. The van der Waals surface area contributed by atoms with Crippen LogP contribution in [0.1, 0.15) is 16.3 Å². The molecule has 0 saturated heterocycles. The fourth-order valence-electron chi connectivity index (χ4n) is 1.63. The standard InChI is InChI=1S/C14H14FNO4/c1-18-9-3-5-11(15)12(7-9)16-8-10-4-6-13(20-10)14(17)19-2/h3-7,16H,8H2,1-2H3. The first-order valence-electron chi connectivity index (χ1n) is 5.88. The molecule has 0 atom stereocenters. The monoisotopic (exact) mass is 279 g/mol. The van der Waals surface area contributed by atoms with Crippen LogP contribution in [-0.4, -0.2) is 20.2 Å². The third-order valence-electron chi connectivity index (χ3n) is 2.67. The molecule has 0 bridgehead atoms. The van der Waals surface area contributed by atoms with Crippen LogP contribution in [0.25, 0.3) is 0 Å². The van der Waals surface area contributed by atoms with Crippen molar-refractivity contribution in [2.24, 2.45) is 0 Å². The zero-order chi connectivity index (χ0) is 14.5. The normalized spacial score (nSPS) is 10.2. The van der Waals surface area contributed by atoms with E-state index in [1.54, 1.807) is 12.1 Å². The SMILES string of the molecule is COC(=O)c1ccc(CNc2cc(OC)ccc2F)o1. The van der Waals surface area contributed by atoms with E-state index >= 15 is 0 Å². The van der Waals surface area contributed by atoms with E-state index in [9.17, 15) is 9.18 Å². The van der Waals surface area contributed by atoms with Crippen LogP contribution in [0.5, 0.6) is 5.75 Å². The number of hydrogen-bond donors (Lipinski definition) is 1. The average Bonchev–Trinajstić information content (AvgIpc) is 2.94. The van der Waals surface area contributed by atoms with Crippen molar-refractivity contribution >= 4 is 11.7 Å². The third kappa shape index (κ3) is 3.09. The highest BCUT2D eigenvalue weighted by Gasteiger charge is 2.11. The molecule has 2 rings (SSSR count). The van der Waals surface area contributed by atoms with Gasteiger partial charge >= 0.3 is 5.97 Å². The molecule has 0 radical (unpaired) electrons. The van der Waals surface area contributed by atoms with Gasteiger partial charge in [0.15, 0.2) is 0 Å². The highest BCUT2D eigenvalue weighted by atomic mass is 19.1. The molecular weight excluding hydrogens is 265 g/mol. The number of anilines is 1. The predicted octanol–water partition coefficient (Wildman–Crippen LogP) is 2.83. The summed E-state index contributed by atoms with van der Waals surface area (Å²) in [6.45, 7) is 0.237. The van der Waals surface area contributed by atoms with E-state index in [1.165, 1.54) is 32.4 Å². The van der Waals surface area contributed by atoms with E-state index in [4.69, 9.17) is 9.15 Å². The Balaban J connectivity index is 2.05. The number of carbonyl (C=O) groups excluding carboxylic acids is 1. The van der Waals surface area contributed by atoms with Gasteiger partial charge < -0.3 is 19.2 Å². The van der Waals surface area contributed by atoms with Gasteiger partial charge in [0, 0.05) is 6.07 Å². The fourth-order valence-corrected chi connectivity index (χ4v) is 1.63. The minimum Gasteiger partial charge on any atom is -0.497 e. The largest absolute Gasteiger partial charge is 0.497 e. The first-order valence-corrected chi connectivity index (χ1v) is 5.88. The maximum atomic E-state index is 13.6. The zero-order valence-corrected chi connectivity index (χ0v) is 11.1. The molecule has 0 aliphatic rings. The summed E-state index contributed by atoms with van der Waals surface area (Å²) in [7, 11) is 2.78. The predicted molar refractivity (Wildman–Crippen MR) is 70.3 cm³/mol. The third-order valence-corrected chi connectivity index (χ3v) is 2.67. The van der Waals surface area contributed by atoms with Crippen molar-refractivity contribution in [2.75, 3.05) is 19.5 Å². The van der Waals surface area contributed by atoms with Gasteiger partial charge in [0.1, 0.15) is 17.3 Å². The highest BCUT2D eigenvalue weighted by molar-refractivity contribution is 5.86. The fraction of sp³-hybridized carbons (Fsp3) is 0.214. The summed E-state index contributed by atoms with van der Waals surface area (Å²) >= 11 is 0. The molecule has 1 N–H and O–H groups in total. The second-order valence-electron chi connectivity index (χ2n) is 3.96. The second kappa shape index (κ2) is 6.10. The van der Waals surface area contributed by atoms with Crippen molar-refractivity contribution in [1.29, 1.82) is 0 Å². The molecule has 2 aromatic rings. The Hall–Kier alpha value is -2.50. The number of nitrogens with one attached hydrogen (secondary N) is 1. The van der Waals surface area contributed by atoms with Gasteiger partial charge in [0.05, 0.1) is 26.5 Å². The van der Waals surface area contributed by atoms with E-state index < -0.39 is 11.8 Å². The van der Waals surface area contributed by atoms with Crippen LogP contribution in [0.2, 0.25) is 0 Å². The Labute approximate surface area is 115 Å². The Kier molecular flexibility index (Phi) is 4.24. The molecule has 1 heterocycles. The van der Waals surface area contributed by atoms with Crippen LogP contribution in [0.3, 0.4) is 0 Å². The molecule has 6 heteroatoms. The number of furan rings is 1. The number of carbonyl (C=O) groups is 1. The van der Waals surface area contributed by atoms with E-state index in [1.807, 2.05) is 0 Å². The van der Waals surface area contributed by atoms with Gasteiger partial charge in [0.2, 0.25) is 5.76 Å². The van der Waals surface area contributed by atoms with Crippen molar-refractivity contribution in [1.82, 2.24) is 0 Å². The van der Waals surface area contributed by atoms with Crippen LogP contribution < -0.4 is 10.1 Å². The Morgan fingerprint density at radius 3 is 2.80 bits per heavy atom. The van der Waals surface area contributed by atoms with E-state index in [-0.39, 0.29) is 12.3 Å². The van der Waals surface area contributed by atoms with Gasteiger partial charge in [-0.25, -0.2) is 9.18 Å².